The monoisotopic (exact) mass is 956 g/mol. The molecule has 9 heterocycles. The largest absolute Gasteiger partial charge is 0.306 e. The van der Waals surface area contributed by atoms with Gasteiger partial charge in [-0.25, -0.2) is 9.03 Å². The lowest BCUT2D eigenvalue weighted by Crippen LogP contribution is -2.41. The van der Waals surface area contributed by atoms with Crippen molar-refractivity contribution in [2.75, 3.05) is 27.2 Å². The van der Waals surface area contributed by atoms with Gasteiger partial charge >= 0.3 is 0 Å². The van der Waals surface area contributed by atoms with Gasteiger partial charge in [-0.05, 0) is 115 Å². The Bertz CT molecular complexity index is 3580. The number of piperidine rings is 2. The summed E-state index contributed by atoms with van der Waals surface area (Å²) in [7, 11) is 4.47. The predicted octanol–water partition coefficient (Wildman–Crippen LogP) is 10.1. The van der Waals surface area contributed by atoms with Crippen LogP contribution in [0, 0.1) is 71.0 Å². The van der Waals surface area contributed by atoms with Crippen LogP contribution in [0.3, 0.4) is 0 Å². The highest BCUT2D eigenvalue weighted by molar-refractivity contribution is 8.00. The van der Waals surface area contributed by atoms with Gasteiger partial charge in [0, 0.05) is 96.4 Å². The number of aromatic nitrogens is 8. The van der Waals surface area contributed by atoms with Crippen molar-refractivity contribution in [3.8, 4) is 57.8 Å². The molecule has 16 heteroatoms. The summed E-state index contributed by atoms with van der Waals surface area (Å²) in [5, 5.41) is 61.7. The molecule has 70 heavy (non-hydrogen) atoms. The van der Waals surface area contributed by atoms with Crippen molar-refractivity contribution in [1.82, 2.24) is 48.6 Å². The molecule has 3 aliphatic heterocycles. The van der Waals surface area contributed by atoms with Crippen molar-refractivity contribution in [3.63, 3.8) is 0 Å². The van der Waals surface area contributed by atoms with Crippen molar-refractivity contribution in [2.45, 2.75) is 96.1 Å². The second-order valence-corrected chi connectivity index (χ2v) is 21.7. The molecule has 3 saturated heterocycles. The molecule has 2 aromatic carbocycles. The maximum atomic E-state index is 11.0. The maximum Gasteiger partial charge on any atom is 0.111 e. The third kappa shape index (κ3) is 7.20. The molecule has 0 N–H and O–H groups in total. The summed E-state index contributed by atoms with van der Waals surface area (Å²) in [5.74, 6) is 1.11. The molecule has 6 aromatic heterocycles. The Morgan fingerprint density at radius 3 is 1.86 bits per heavy atom. The van der Waals surface area contributed by atoms with Gasteiger partial charge in [0.05, 0.1) is 58.4 Å². The first-order valence-corrected chi connectivity index (χ1v) is 25.5. The number of likely N-dealkylation sites (tertiary alicyclic amines) is 1. The number of benzene rings is 2. The maximum absolute atomic E-state index is 11.0. The van der Waals surface area contributed by atoms with Crippen LogP contribution in [-0.4, -0.2) is 87.9 Å². The summed E-state index contributed by atoms with van der Waals surface area (Å²) in [4.78, 5) is 7.99. The zero-order valence-corrected chi connectivity index (χ0v) is 40.9. The van der Waals surface area contributed by atoms with Gasteiger partial charge in [0.2, 0.25) is 0 Å². The molecule has 8 aromatic rings. The number of hydrogen-bond donors (Lipinski definition) is 0. The van der Waals surface area contributed by atoms with E-state index in [-0.39, 0.29) is 0 Å². The van der Waals surface area contributed by atoms with E-state index in [1.165, 1.54) is 49.2 Å². The van der Waals surface area contributed by atoms with Gasteiger partial charge in [0.1, 0.15) is 35.5 Å². The molecule has 0 amide bonds. The second-order valence-electron chi connectivity index (χ2n) is 19.6. The summed E-state index contributed by atoms with van der Waals surface area (Å²) in [5.41, 5.74) is 10.0. The van der Waals surface area contributed by atoms with E-state index in [9.17, 15) is 21.0 Å². The lowest BCUT2D eigenvalue weighted by molar-refractivity contribution is 0.128. The Morgan fingerprint density at radius 2 is 1.19 bits per heavy atom. The third-order valence-electron chi connectivity index (χ3n) is 15.7. The predicted molar refractivity (Wildman–Crippen MR) is 267 cm³/mol. The SMILES string of the molecule is Cc1c(-c2cc(Sc3ccc(-c4nn5cc(-c6cnn(C7C8CCC7CN(C)C8)c6C)cc(Sc6ccccc6C#N)c5c4C#N)cc3C#N)c3c(C#N)cnn3c2)cnn1C1CC2CCC(C1)N2C. The van der Waals surface area contributed by atoms with Crippen LogP contribution in [0.2, 0.25) is 0 Å². The molecule has 14 nitrogen and oxygen atoms in total. The Labute approximate surface area is 414 Å². The number of hydrogen-bond acceptors (Lipinski definition) is 12. The standard InChI is InChI=1S/C54H48N14S2/c1-31-45(25-60-67(31)43-18-41-12-13-42(19-43)64(41)4)38-16-49(53-40(22-57)24-59-65(53)29-38)70-48-14-11-33(15-37(48)21-56)51-44(23-58)54-50(69-47-8-6-5-7-34(47)20-55)17-39(30-66(54)62-51)46-26-61-68(32(46)2)52-35-9-10-36(52)28-63(3)27-35/h5-8,11,14-17,24-26,29-30,35-36,41-43,52H,9-10,12-13,18-19,27-28H2,1-4H3. The van der Waals surface area contributed by atoms with Crippen molar-refractivity contribution in [2.24, 2.45) is 11.8 Å². The number of rotatable bonds is 9. The highest BCUT2D eigenvalue weighted by Crippen LogP contribution is 2.47. The highest BCUT2D eigenvalue weighted by atomic mass is 32.2. The van der Waals surface area contributed by atoms with Crippen LogP contribution in [0.1, 0.15) is 84.3 Å². The van der Waals surface area contributed by atoms with E-state index in [1.807, 2.05) is 55.1 Å². The van der Waals surface area contributed by atoms with Gasteiger partial charge in [0.15, 0.2) is 0 Å². The van der Waals surface area contributed by atoms with E-state index in [4.69, 9.17) is 15.3 Å². The van der Waals surface area contributed by atoms with Crippen LogP contribution >= 0.6 is 23.5 Å². The molecular formula is C54H48N14S2. The molecule has 346 valence electrons. The van der Waals surface area contributed by atoms with Crippen LogP contribution < -0.4 is 0 Å². The van der Waals surface area contributed by atoms with E-state index in [2.05, 4.69) is 88.6 Å². The Balaban J connectivity index is 0.922. The molecule has 4 atom stereocenters. The van der Waals surface area contributed by atoms with Gasteiger partial charge in [-0.2, -0.15) is 41.4 Å². The zero-order valence-electron chi connectivity index (χ0n) is 39.3. The lowest BCUT2D eigenvalue weighted by atomic mass is 9.92. The third-order valence-corrected chi connectivity index (χ3v) is 17.9. The molecule has 0 spiro atoms. The first-order valence-electron chi connectivity index (χ1n) is 23.9. The van der Waals surface area contributed by atoms with Gasteiger partial charge < -0.3 is 9.80 Å². The van der Waals surface area contributed by atoms with E-state index < -0.39 is 0 Å². The molecule has 1 saturated carbocycles. The lowest BCUT2D eigenvalue weighted by Gasteiger charge is -2.36. The van der Waals surface area contributed by atoms with Crippen molar-refractivity contribution in [1.29, 1.82) is 21.0 Å². The van der Waals surface area contributed by atoms with Crippen molar-refractivity contribution < 1.29 is 0 Å². The summed E-state index contributed by atoms with van der Waals surface area (Å²) in [6, 6.07) is 28.6. The minimum Gasteiger partial charge on any atom is -0.306 e. The first-order chi connectivity index (χ1) is 34.1. The zero-order chi connectivity index (χ0) is 47.9. The second kappa shape index (κ2) is 17.3. The average Bonchev–Trinajstić information content (AvgIpc) is 4.22. The first kappa shape index (κ1) is 44.1. The molecule has 4 unspecified atom stereocenters. The van der Waals surface area contributed by atoms with Crippen molar-refractivity contribution in [3.05, 3.63) is 119 Å². The Kier molecular flexibility index (Phi) is 10.9. The summed E-state index contributed by atoms with van der Waals surface area (Å²) >= 11 is 2.84. The Morgan fingerprint density at radius 1 is 0.571 bits per heavy atom. The van der Waals surface area contributed by atoms with Gasteiger partial charge in [-0.15, -0.1) is 0 Å². The Hall–Kier alpha value is -7.18. The smallest absolute Gasteiger partial charge is 0.111 e. The summed E-state index contributed by atoms with van der Waals surface area (Å²) < 4.78 is 7.98. The number of nitrogens with zero attached hydrogens (tertiary/aromatic N) is 14. The summed E-state index contributed by atoms with van der Waals surface area (Å²) in [6.07, 6.45) is 16.5. The average molecular weight is 957 g/mol. The van der Waals surface area contributed by atoms with E-state index >= 15 is 0 Å². The fourth-order valence-electron chi connectivity index (χ4n) is 12.3. The quantitative estimate of drug-likeness (QED) is 0.134. The van der Waals surface area contributed by atoms with Crippen LogP contribution in [0.4, 0.5) is 0 Å². The van der Waals surface area contributed by atoms with Gasteiger partial charge in [-0.1, -0.05) is 41.7 Å². The van der Waals surface area contributed by atoms with Crippen LogP contribution in [0.25, 0.3) is 44.5 Å². The summed E-state index contributed by atoms with van der Waals surface area (Å²) in [6.45, 7) is 6.41. The molecule has 4 aliphatic rings. The van der Waals surface area contributed by atoms with Gasteiger partial charge in [0.25, 0.3) is 0 Å². The normalized spacial score (nSPS) is 22.1. The fourth-order valence-corrected chi connectivity index (χ4v) is 14.5. The highest BCUT2D eigenvalue weighted by Gasteiger charge is 2.43. The molecule has 12 rings (SSSR count). The molecule has 0 radical (unpaired) electrons. The van der Waals surface area contributed by atoms with E-state index in [0.29, 0.717) is 85.4 Å². The number of fused-ring (bicyclic) bond motifs is 6. The fraction of sp³-hybridized carbons (Fsp3) is 0.333. The van der Waals surface area contributed by atoms with Crippen molar-refractivity contribution >= 4 is 34.6 Å². The van der Waals surface area contributed by atoms with Crippen LogP contribution in [-0.2, 0) is 0 Å². The number of nitriles is 4. The van der Waals surface area contributed by atoms with Crippen LogP contribution in [0.5, 0.6) is 0 Å². The minimum atomic E-state index is 0.340. The molecule has 4 fully saturated rings. The molecule has 4 bridgehead atoms. The van der Waals surface area contributed by atoms with Crippen LogP contribution in [0.15, 0.2) is 105 Å². The van der Waals surface area contributed by atoms with E-state index in [0.717, 1.165) is 74.3 Å². The van der Waals surface area contributed by atoms with Gasteiger partial charge in [-0.3, -0.25) is 9.36 Å². The molecule has 1 aliphatic carbocycles. The molecular weight excluding hydrogens is 909 g/mol. The minimum absolute atomic E-state index is 0.340. The topological polar surface area (TPSA) is 172 Å². The van der Waals surface area contributed by atoms with E-state index in [1.54, 1.807) is 27.4 Å². The number of pyridine rings is 2.